The minimum Gasteiger partial charge on any atom is -0.497 e. The van der Waals surface area contributed by atoms with Crippen LogP contribution in [0.25, 0.3) is 0 Å². The van der Waals surface area contributed by atoms with E-state index in [9.17, 15) is 4.79 Å². The first kappa shape index (κ1) is 21.4. The maximum atomic E-state index is 13.4. The molecule has 1 unspecified atom stereocenters. The van der Waals surface area contributed by atoms with E-state index in [4.69, 9.17) is 4.74 Å². The lowest BCUT2D eigenvalue weighted by Crippen LogP contribution is -2.31. The molecule has 166 valence electrons. The van der Waals surface area contributed by atoms with Gasteiger partial charge in [0.1, 0.15) is 18.1 Å². The summed E-state index contributed by atoms with van der Waals surface area (Å²) in [5.74, 6) is 1.15. The molecule has 2 aromatic carbocycles. The van der Waals surface area contributed by atoms with Gasteiger partial charge in [-0.25, -0.2) is 4.68 Å². The highest BCUT2D eigenvalue weighted by atomic mass is 16.5. The average Bonchev–Trinajstić information content (AvgIpc) is 3.28. The molecule has 1 aliphatic heterocycles. The zero-order chi connectivity index (χ0) is 22.7. The Bertz CT molecular complexity index is 1110. The van der Waals surface area contributed by atoms with Crippen LogP contribution >= 0.6 is 0 Å². The Labute approximate surface area is 187 Å². The van der Waals surface area contributed by atoms with Gasteiger partial charge in [-0.15, -0.1) is 0 Å². The smallest absolute Gasteiger partial charge is 0.255 e. The van der Waals surface area contributed by atoms with E-state index in [1.54, 1.807) is 11.8 Å². The van der Waals surface area contributed by atoms with Crippen molar-refractivity contribution in [1.29, 1.82) is 0 Å². The Balaban J connectivity index is 1.68. The second kappa shape index (κ2) is 9.13. The molecule has 0 radical (unpaired) electrons. The first-order valence-corrected chi connectivity index (χ1v) is 10.7. The number of fused-ring (bicyclic) bond motifs is 1. The molecule has 2 heterocycles. The number of hydrogen-bond acceptors (Lipinski definition) is 6. The predicted octanol–water partition coefficient (Wildman–Crippen LogP) is 4.06. The summed E-state index contributed by atoms with van der Waals surface area (Å²) in [5.41, 5.74) is 4.14. The first-order chi connectivity index (χ1) is 15.5. The van der Waals surface area contributed by atoms with Crippen LogP contribution in [-0.4, -0.2) is 40.9 Å². The summed E-state index contributed by atoms with van der Waals surface area (Å²) >= 11 is 0. The second-order valence-electron chi connectivity index (χ2n) is 7.54. The first-order valence-electron chi connectivity index (χ1n) is 10.7. The molecule has 4 rings (SSSR count). The van der Waals surface area contributed by atoms with Gasteiger partial charge in [0.25, 0.3) is 5.91 Å². The van der Waals surface area contributed by atoms with Crippen LogP contribution in [0, 0.1) is 0 Å². The Morgan fingerprint density at radius 1 is 1.12 bits per heavy atom. The lowest BCUT2D eigenvalue weighted by molar-refractivity contribution is -0.113. The number of ether oxygens (including phenoxy) is 1. The number of rotatable bonds is 7. The van der Waals surface area contributed by atoms with E-state index >= 15 is 0 Å². The van der Waals surface area contributed by atoms with E-state index in [1.165, 1.54) is 6.33 Å². The summed E-state index contributed by atoms with van der Waals surface area (Å²) in [6.45, 7) is 8.04. The lowest BCUT2D eigenvalue weighted by atomic mass is 9.94. The summed E-state index contributed by atoms with van der Waals surface area (Å²) in [6, 6.07) is 15.2. The molecule has 8 nitrogen and oxygen atoms in total. The number of benzene rings is 2. The van der Waals surface area contributed by atoms with E-state index in [-0.39, 0.29) is 5.91 Å². The molecule has 3 aromatic rings. The Morgan fingerprint density at radius 3 is 2.44 bits per heavy atom. The summed E-state index contributed by atoms with van der Waals surface area (Å²) in [7, 11) is 1.61. The minimum absolute atomic E-state index is 0.195. The number of nitrogens with zero attached hydrogens (tertiary/aromatic N) is 4. The van der Waals surface area contributed by atoms with Crippen LogP contribution in [-0.2, 0) is 4.79 Å². The summed E-state index contributed by atoms with van der Waals surface area (Å²) in [5, 5.41) is 10.6. The monoisotopic (exact) mass is 432 g/mol. The van der Waals surface area contributed by atoms with Gasteiger partial charge in [0, 0.05) is 30.2 Å². The van der Waals surface area contributed by atoms with E-state index in [1.807, 2.05) is 31.2 Å². The van der Waals surface area contributed by atoms with E-state index in [0.29, 0.717) is 17.2 Å². The number of methoxy groups -OCH3 is 1. The number of amides is 1. The third-order valence-electron chi connectivity index (χ3n) is 5.72. The van der Waals surface area contributed by atoms with Gasteiger partial charge in [-0.3, -0.25) is 4.79 Å². The molecule has 8 heteroatoms. The number of allylic oxidation sites excluding steroid dienone is 1. The normalized spacial score (nSPS) is 15.1. The molecular weight excluding hydrogens is 404 g/mol. The number of carbonyl (C=O) groups excluding carboxylic acids is 1. The van der Waals surface area contributed by atoms with E-state index < -0.39 is 6.04 Å². The van der Waals surface area contributed by atoms with Crippen molar-refractivity contribution in [3.63, 3.8) is 0 Å². The van der Waals surface area contributed by atoms with Crippen molar-refractivity contribution in [1.82, 2.24) is 14.8 Å². The molecule has 0 fully saturated rings. The van der Waals surface area contributed by atoms with Crippen LogP contribution in [0.4, 0.5) is 17.3 Å². The third kappa shape index (κ3) is 4.03. The quantitative estimate of drug-likeness (QED) is 0.586. The molecule has 0 saturated carbocycles. The molecule has 0 saturated heterocycles. The molecule has 2 N–H and O–H groups in total. The molecule has 0 aliphatic carbocycles. The third-order valence-corrected chi connectivity index (χ3v) is 5.72. The Morgan fingerprint density at radius 2 is 1.81 bits per heavy atom. The van der Waals surface area contributed by atoms with Gasteiger partial charge in [-0.1, -0.05) is 12.1 Å². The SMILES string of the molecule is CCN(CC)c1ccc(C2C(C(=O)Nc3ccc(OC)cc3)=C(C)Nc3ncnn32)cc1. The molecule has 0 spiro atoms. The molecule has 1 atom stereocenters. The van der Waals surface area contributed by atoms with Gasteiger partial charge in [0.05, 0.1) is 12.7 Å². The molecule has 32 heavy (non-hydrogen) atoms. The van der Waals surface area contributed by atoms with Crippen molar-refractivity contribution >= 4 is 23.2 Å². The summed E-state index contributed by atoms with van der Waals surface area (Å²) in [4.78, 5) is 20.0. The van der Waals surface area contributed by atoms with Gasteiger partial charge in [0.15, 0.2) is 0 Å². The largest absolute Gasteiger partial charge is 0.497 e. The van der Waals surface area contributed by atoms with Crippen molar-refractivity contribution in [2.24, 2.45) is 0 Å². The highest BCUT2D eigenvalue weighted by molar-refractivity contribution is 6.06. The van der Waals surface area contributed by atoms with Crippen LogP contribution in [0.15, 0.2) is 66.1 Å². The van der Waals surface area contributed by atoms with Gasteiger partial charge in [-0.05, 0) is 62.7 Å². The maximum Gasteiger partial charge on any atom is 0.255 e. The van der Waals surface area contributed by atoms with Crippen molar-refractivity contribution in [3.8, 4) is 5.75 Å². The van der Waals surface area contributed by atoms with Crippen molar-refractivity contribution in [2.75, 3.05) is 35.7 Å². The van der Waals surface area contributed by atoms with Crippen LogP contribution in [0.1, 0.15) is 32.4 Å². The molecular formula is C24H28N6O2. The fraction of sp³-hybridized carbons (Fsp3) is 0.292. The van der Waals surface area contributed by atoms with E-state index in [0.717, 1.165) is 35.8 Å². The van der Waals surface area contributed by atoms with E-state index in [2.05, 4.69) is 63.7 Å². The lowest BCUT2D eigenvalue weighted by Gasteiger charge is -2.29. The fourth-order valence-electron chi connectivity index (χ4n) is 4.02. The maximum absolute atomic E-state index is 13.4. The number of hydrogen-bond donors (Lipinski definition) is 2. The van der Waals surface area contributed by atoms with Gasteiger partial charge < -0.3 is 20.3 Å². The standard InChI is InChI=1S/C24H28N6O2/c1-5-29(6-2)19-11-7-17(8-12-19)22-21(16(3)27-24-25-15-26-30(22)24)23(31)28-18-9-13-20(32-4)14-10-18/h7-15,22H,5-6H2,1-4H3,(H,28,31)(H,25,26,27). The highest BCUT2D eigenvalue weighted by Crippen LogP contribution is 2.36. The molecule has 1 aliphatic rings. The van der Waals surface area contributed by atoms with Crippen LogP contribution in [0.3, 0.4) is 0 Å². The van der Waals surface area contributed by atoms with Gasteiger partial charge in [-0.2, -0.15) is 10.1 Å². The molecule has 1 aromatic heterocycles. The zero-order valence-corrected chi connectivity index (χ0v) is 18.8. The van der Waals surface area contributed by atoms with Crippen molar-refractivity contribution in [2.45, 2.75) is 26.8 Å². The molecule has 0 bridgehead atoms. The Hall–Kier alpha value is -3.81. The predicted molar refractivity (Wildman–Crippen MR) is 126 cm³/mol. The number of nitrogens with one attached hydrogen (secondary N) is 2. The number of carbonyl (C=O) groups is 1. The number of aromatic nitrogens is 3. The zero-order valence-electron chi connectivity index (χ0n) is 18.8. The van der Waals surface area contributed by atoms with Crippen molar-refractivity contribution < 1.29 is 9.53 Å². The average molecular weight is 433 g/mol. The topological polar surface area (TPSA) is 84.3 Å². The summed E-state index contributed by atoms with van der Waals surface area (Å²) < 4.78 is 6.95. The highest BCUT2D eigenvalue weighted by Gasteiger charge is 2.33. The Kier molecular flexibility index (Phi) is 6.11. The second-order valence-corrected chi connectivity index (χ2v) is 7.54. The van der Waals surface area contributed by atoms with Gasteiger partial charge in [0.2, 0.25) is 5.95 Å². The number of anilines is 3. The summed E-state index contributed by atoms with van der Waals surface area (Å²) in [6.07, 6.45) is 1.50. The fourth-order valence-corrected chi connectivity index (χ4v) is 4.02. The van der Waals surface area contributed by atoms with Gasteiger partial charge >= 0.3 is 0 Å². The van der Waals surface area contributed by atoms with Crippen LogP contribution in [0.2, 0.25) is 0 Å². The van der Waals surface area contributed by atoms with Crippen LogP contribution < -0.4 is 20.3 Å². The minimum atomic E-state index is -0.391. The molecule has 1 amide bonds. The van der Waals surface area contributed by atoms with Crippen molar-refractivity contribution in [3.05, 3.63) is 71.7 Å². The van der Waals surface area contributed by atoms with Crippen LogP contribution in [0.5, 0.6) is 5.75 Å².